The lowest BCUT2D eigenvalue weighted by molar-refractivity contribution is -0.133. The third-order valence-corrected chi connectivity index (χ3v) is 5.38. The molecule has 1 atom stereocenters. The van der Waals surface area contributed by atoms with Crippen LogP contribution >= 0.6 is 15.9 Å². The zero-order valence-electron chi connectivity index (χ0n) is 16.7. The first-order valence-corrected chi connectivity index (χ1v) is 10.8. The van der Waals surface area contributed by atoms with Crippen LogP contribution < -0.4 is 10.1 Å². The van der Waals surface area contributed by atoms with E-state index in [1.165, 1.54) is 0 Å². The number of piperidine rings is 1. The first-order chi connectivity index (χ1) is 12.9. The molecule has 1 fully saturated rings. The van der Waals surface area contributed by atoms with Gasteiger partial charge in [0.05, 0.1) is 0 Å². The number of carbonyl (C=O) groups is 1. The van der Waals surface area contributed by atoms with Gasteiger partial charge in [0.2, 0.25) is 5.91 Å². The molecule has 1 amide bonds. The van der Waals surface area contributed by atoms with Crippen LogP contribution in [0.15, 0.2) is 28.7 Å². The van der Waals surface area contributed by atoms with Gasteiger partial charge in [0.25, 0.3) is 0 Å². The number of nitrogens with zero attached hydrogens (tertiary/aromatic N) is 1. The van der Waals surface area contributed by atoms with Gasteiger partial charge in [0.15, 0.2) is 0 Å². The highest BCUT2D eigenvalue weighted by Gasteiger charge is 2.23. The van der Waals surface area contributed by atoms with Gasteiger partial charge in [0, 0.05) is 36.8 Å². The molecule has 0 bridgehead atoms. The van der Waals surface area contributed by atoms with Crippen molar-refractivity contribution in [3.63, 3.8) is 0 Å². The fourth-order valence-electron chi connectivity index (χ4n) is 3.00. The molecule has 5 nitrogen and oxygen atoms in total. The van der Waals surface area contributed by atoms with E-state index in [1.807, 2.05) is 31.2 Å². The molecule has 0 saturated carbocycles. The van der Waals surface area contributed by atoms with Crippen LogP contribution in [-0.2, 0) is 9.53 Å². The van der Waals surface area contributed by atoms with E-state index in [2.05, 4.69) is 40.0 Å². The third kappa shape index (κ3) is 8.62. The van der Waals surface area contributed by atoms with E-state index in [1.54, 1.807) is 0 Å². The molecule has 27 heavy (non-hydrogen) atoms. The highest BCUT2D eigenvalue weighted by Crippen LogP contribution is 2.16. The number of benzene rings is 1. The number of rotatable bonds is 10. The number of carbonyl (C=O) groups excluding carboxylic acids is 1. The van der Waals surface area contributed by atoms with Crippen molar-refractivity contribution in [1.29, 1.82) is 0 Å². The summed E-state index contributed by atoms with van der Waals surface area (Å²) in [5.74, 6) is 1.50. The van der Waals surface area contributed by atoms with E-state index < -0.39 is 0 Å². The van der Waals surface area contributed by atoms with Crippen LogP contribution in [0.4, 0.5) is 0 Å². The molecule has 1 aromatic carbocycles. The first-order valence-electron chi connectivity index (χ1n) is 9.96. The Hall–Kier alpha value is -1.11. The quantitative estimate of drug-likeness (QED) is 0.599. The average Bonchev–Trinajstić information content (AvgIpc) is 2.64. The van der Waals surface area contributed by atoms with Crippen LogP contribution in [-0.4, -0.2) is 55.8 Å². The molecule has 0 spiro atoms. The van der Waals surface area contributed by atoms with Gasteiger partial charge in [0.1, 0.15) is 18.5 Å². The van der Waals surface area contributed by atoms with Crippen molar-refractivity contribution in [2.45, 2.75) is 52.2 Å². The number of halogens is 1. The van der Waals surface area contributed by atoms with E-state index in [0.29, 0.717) is 19.1 Å². The number of hydrogen-bond acceptors (Lipinski definition) is 4. The van der Waals surface area contributed by atoms with E-state index in [0.717, 1.165) is 49.1 Å². The number of ether oxygens (including phenoxy) is 2. The highest BCUT2D eigenvalue weighted by molar-refractivity contribution is 9.10. The molecule has 0 aromatic heterocycles. The highest BCUT2D eigenvalue weighted by atomic mass is 79.9. The molecule has 152 valence electrons. The van der Waals surface area contributed by atoms with Crippen LogP contribution in [0, 0.1) is 5.92 Å². The normalized spacial score (nSPS) is 17.1. The maximum absolute atomic E-state index is 12.2. The minimum atomic E-state index is -0.374. The Bertz CT molecular complexity index is 557. The Morgan fingerprint density at radius 1 is 1.19 bits per heavy atom. The molecule has 1 aromatic rings. The topological polar surface area (TPSA) is 50.8 Å². The van der Waals surface area contributed by atoms with Crippen molar-refractivity contribution in [3.8, 4) is 5.75 Å². The van der Waals surface area contributed by atoms with Gasteiger partial charge in [-0.2, -0.15) is 0 Å². The van der Waals surface area contributed by atoms with Crippen LogP contribution in [0.2, 0.25) is 0 Å². The zero-order valence-corrected chi connectivity index (χ0v) is 18.3. The lowest BCUT2D eigenvalue weighted by Crippen LogP contribution is -2.48. The van der Waals surface area contributed by atoms with Crippen molar-refractivity contribution in [2.75, 3.05) is 32.8 Å². The number of likely N-dealkylation sites (tertiary alicyclic amines) is 1. The van der Waals surface area contributed by atoms with E-state index in [4.69, 9.17) is 9.47 Å². The molecule has 6 heteroatoms. The monoisotopic (exact) mass is 440 g/mol. The van der Waals surface area contributed by atoms with Crippen LogP contribution in [0.1, 0.15) is 40.0 Å². The number of nitrogens with one attached hydrogen (secondary N) is 1. The summed E-state index contributed by atoms with van der Waals surface area (Å²) >= 11 is 3.42. The summed E-state index contributed by atoms with van der Waals surface area (Å²) in [6.07, 6.45) is 2.56. The molecule has 1 aliphatic heterocycles. The SMILES string of the molecule is CC(C)CCO[C@H](C)C(=O)NC1CCN(CCOc2ccc(Br)cc2)CC1. The maximum atomic E-state index is 12.2. The molecule has 0 unspecified atom stereocenters. The molecule has 0 aliphatic carbocycles. The molecule has 2 rings (SSSR count). The molecular formula is C21H33BrN2O3. The van der Waals surface area contributed by atoms with Crippen molar-refractivity contribution < 1.29 is 14.3 Å². The number of hydrogen-bond donors (Lipinski definition) is 1. The Labute approximate surface area is 171 Å². The molecule has 1 N–H and O–H groups in total. The fraction of sp³-hybridized carbons (Fsp3) is 0.667. The van der Waals surface area contributed by atoms with Crippen molar-refractivity contribution in [1.82, 2.24) is 10.2 Å². The summed E-state index contributed by atoms with van der Waals surface area (Å²) in [7, 11) is 0. The smallest absolute Gasteiger partial charge is 0.249 e. The van der Waals surface area contributed by atoms with Crippen LogP contribution in [0.25, 0.3) is 0 Å². The van der Waals surface area contributed by atoms with Gasteiger partial charge in [-0.05, 0) is 56.4 Å². The predicted octanol–water partition coefficient (Wildman–Crippen LogP) is 3.86. The van der Waals surface area contributed by atoms with Crippen molar-refractivity contribution in [3.05, 3.63) is 28.7 Å². The summed E-state index contributed by atoms with van der Waals surface area (Å²) in [6, 6.07) is 8.15. The maximum Gasteiger partial charge on any atom is 0.249 e. The average molecular weight is 441 g/mol. The van der Waals surface area contributed by atoms with Crippen molar-refractivity contribution in [2.24, 2.45) is 5.92 Å². The second-order valence-electron chi connectivity index (χ2n) is 7.62. The summed E-state index contributed by atoms with van der Waals surface area (Å²) in [5.41, 5.74) is 0. The van der Waals surface area contributed by atoms with Crippen LogP contribution in [0.3, 0.4) is 0 Å². The third-order valence-electron chi connectivity index (χ3n) is 4.86. The predicted molar refractivity (Wildman–Crippen MR) is 112 cm³/mol. The van der Waals surface area contributed by atoms with Gasteiger partial charge in [-0.25, -0.2) is 0 Å². The molecule has 1 aliphatic rings. The minimum absolute atomic E-state index is 0.00998. The summed E-state index contributed by atoms with van der Waals surface area (Å²) in [4.78, 5) is 14.6. The van der Waals surface area contributed by atoms with Gasteiger partial charge < -0.3 is 14.8 Å². The van der Waals surface area contributed by atoms with Gasteiger partial charge in [-0.15, -0.1) is 0 Å². The Kier molecular flexibility index (Phi) is 9.59. The molecule has 0 radical (unpaired) electrons. The zero-order chi connectivity index (χ0) is 19.6. The summed E-state index contributed by atoms with van der Waals surface area (Å²) in [5, 5.41) is 3.14. The van der Waals surface area contributed by atoms with E-state index >= 15 is 0 Å². The Morgan fingerprint density at radius 2 is 1.85 bits per heavy atom. The Morgan fingerprint density at radius 3 is 2.48 bits per heavy atom. The van der Waals surface area contributed by atoms with Gasteiger partial charge >= 0.3 is 0 Å². The van der Waals surface area contributed by atoms with E-state index in [9.17, 15) is 4.79 Å². The van der Waals surface area contributed by atoms with E-state index in [-0.39, 0.29) is 18.1 Å². The lowest BCUT2D eigenvalue weighted by atomic mass is 10.0. The largest absolute Gasteiger partial charge is 0.492 e. The first kappa shape index (κ1) is 22.2. The van der Waals surface area contributed by atoms with Gasteiger partial charge in [-0.1, -0.05) is 29.8 Å². The fourth-order valence-corrected chi connectivity index (χ4v) is 3.26. The standard InChI is InChI=1S/C21H33BrN2O3/c1-16(2)10-14-26-17(3)21(25)23-19-8-11-24(12-9-19)13-15-27-20-6-4-18(22)5-7-20/h4-7,16-17,19H,8-15H2,1-3H3,(H,23,25)/t17-/m1/s1. The molecule has 1 saturated heterocycles. The molecule has 1 heterocycles. The summed E-state index contributed by atoms with van der Waals surface area (Å²) in [6.45, 7) is 10.4. The van der Waals surface area contributed by atoms with Crippen LogP contribution in [0.5, 0.6) is 5.75 Å². The minimum Gasteiger partial charge on any atom is -0.492 e. The second-order valence-corrected chi connectivity index (χ2v) is 8.54. The summed E-state index contributed by atoms with van der Waals surface area (Å²) < 4.78 is 12.5. The van der Waals surface area contributed by atoms with Crippen molar-refractivity contribution >= 4 is 21.8 Å². The lowest BCUT2D eigenvalue weighted by Gasteiger charge is -2.32. The second kappa shape index (κ2) is 11.7. The number of amides is 1. The molecular weight excluding hydrogens is 408 g/mol. The van der Waals surface area contributed by atoms with Gasteiger partial charge in [-0.3, -0.25) is 9.69 Å². The Balaban J connectivity index is 1.59.